The first-order chi connectivity index (χ1) is 15.9. The Labute approximate surface area is 198 Å². The predicted molar refractivity (Wildman–Crippen MR) is 133 cm³/mol. The molecule has 33 heavy (non-hydrogen) atoms. The standard InChI is InChI=1S/C24H22N6OS2/c1-13-8-10-17(11-9-13)19-16(4)33-23-20(19)22(31)25-18(26-23)12-32-24-27-28-29-30(24)21-14(2)6-5-7-15(21)3/h5-11H,12H2,1-4H3,(H,25,26,31). The van der Waals surface area contributed by atoms with Gasteiger partial charge in [-0.05, 0) is 54.8 Å². The summed E-state index contributed by atoms with van der Waals surface area (Å²) in [6.07, 6.45) is 0. The average molecular weight is 475 g/mol. The lowest BCUT2D eigenvalue weighted by Crippen LogP contribution is -2.11. The lowest BCUT2D eigenvalue weighted by Gasteiger charge is -2.10. The molecule has 5 aromatic rings. The van der Waals surface area contributed by atoms with Crippen LogP contribution in [0.3, 0.4) is 0 Å². The summed E-state index contributed by atoms with van der Waals surface area (Å²) in [5.74, 6) is 1.05. The van der Waals surface area contributed by atoms with Crippen molar-refractivity contribution < 1.29 is 0 Å². The molecule has 166 valence electrons. The highest BCUT2D eigenvalue weighted by molar-refractivity contribution is 7.98. The zero-order chi connectivity index (χ0) is 23.1. The van der Waals surface area contributed by atoms with Gasteiger partial charge in [0.05, 0.1) is 16.8 Å². The molecule has 0 bridgehead atoms. The van der Waals surface area contributed by atoms with Crippen LogP contribution in [0.15, 0.2) is 52.4 Å². The molecule has 1 N–H and O–H groups in total. The van der Waals surface area contributed by atoms with E-state index in [2.05, 4.69) is 51.7 Å². The van der Waals surface area contributed by atoms with Crippen LogP contribution in [0.2, 0.25) is 0 Å². The molecule has 0 fully saturated rings. The number of aromatic amines is 1. The van der Waals surface area contributed by atoms with Crippen LogP contribution in [0, 0.1) is 27.7 Å². The van der Waals surface area contributed by atoms with Gasteiger partial charge in [0.15, 0.2) is 0 Å². The Balaban J connectivity index is 1.47. The van der Waals surface area contributed by atoms with E-state index in [0.29, 0.717) is 22.1 Å². The van der Waals surface area contributed by atoms with Crippen molar-refractivity contribution in [3.8, 4) is 16.8 Å². The average Bonchev–Trinajstić information content (AvgIpc) is 3.37. The van der Waals surface area contributed by atoms with E-state index in [-0.39, 0.29) is 5.56 Å². The Kier molecular flexibility index (Phi) is 5.59. The lowest BCUT2D eigenvalue weighted by molar-refractivity contribution is 0.747. The van der Waals surface area contributed by atoms with Gasteiger partial charge in [-0.1, -0.05) is 59.8 Å². The van der Waals surface area contributed by atoms with E-state index in [1.165, 1.54) is 17.3 Å². The van der Waals surface area contributed by atoms with Crippen molar-refractivity contribution in [3.05, 3.63) is 80.2 Å². The minimum absolute atomic E-state index is 0.120. The van der Waals surface area contributed by atoms with Crippen molar-refractivity contribution >= 4 is 33.3 Å². The quantitative estimate of drug-likeness (QED) is 0.354. The summed E-state index contributed by atoms with van der Waals surface area (Å²) in [5.41, 5.74) is 6.21. The minimum atomic E-state index is -0.120. The summed E-state index contributed by atoms with van der Waals surface area (Å²) in [7, 11) is 0. The molecule has 0 atom stereocenters. The van der Waals surface area contributed by atoms with Crippen molar-refractivity contribution in [1.29, 1.82) is 0 Å². The van der Waals surface area contributed by atoms with Crippen molar-refractivity contribution in [2.24, 2.45) is 0 Å². The number of hydrogen-bond acceptors (Lipinski definition) is 7. The highest BCUT2D eigenvalue weighted by Gasteiger charge is 2.18. The maximum Gasteiger partial charge on any atom is 0.260 e. The Bertz CT molecular complexity index is 1510. The van der Waals surface area contributed by atoms with Crippen LogP contribution in [0.1, 0.15) is 27.4 Å². The number of thiophene rings is 1. The topological polar surface area (TPSA) is 89.3 Å². The van der Waals surface area contributed by atoms with E-state index in [0.717, 1.165) is 37.6 Å². The summed E-state index contributed by atoms with van der Waals surface area (Å²) in [6.45, 7) is 8.16. The second-order valence-corrected chi connectivity index (χ2v) is 10.1. The minimum Gasteiger partial charge on any atom is -0.309 e. The highest BCUT2D eigenvalue weighted by atomic mass is 32.2. The molecule has 0 unspecified atom stereocenters. The molecular formula is C24H22N6OS2. The monoisotopic (exact) mass is 474 g/mol. The van der Waals surface area contributed by atoms with Crippen LogP contribution < -0.4 is 5.56 Å². The Morgan fingerprint density at radius 2 is 1.76 bits per heavy atom. The third-order valence-corrected chi connectivity index (χ3v) is 7.49. The number of aromatic nitrogens is 6. The normalized spacial score (nSPS) is 11.4. The second-order valence-electron chi connectivity index (χ2n) is 7.99. The third kappa shape index (κ3) is 3.98. The molecule has 0 aliphatic carbocycles. The van der Waals surface area contributed by atoms with Gasteiger partial charge in [0, 0.05) is 10.4 Å². The van der Waals surface area contributed by atoms with Gasteiger partial charge < -0.3 is 4.98 Å². The number of nitrogens with zero attached hydrogens (tertiary/aromatic N) is 5. The van der Waals surface area contributed by atoms with E-state index in [9.17, 15) is 4.79 Å². The summed E-state index contributed by atoms with van der Waals surface area (Å²) >= 11 is 2.99. The molecule has 0 saturated heterocycles. The van der Waals surface area contributed by atoms with E-state index in [1.54, 1.807) is 16.0 Å². The Hall–Kier alpha value is -3.30. The largest absolute Gasteiger partial charge is 0.309 e. The molecule has 5 rings (SSSR count). The first kappa shape index (κ1) is 21.5. The van der Waals surface area contributed by atoms with Crippen molar-refractivity contribution in [2.75, 3.05) is 0 Å². The van der Waals surface area contributed by atoms with Gasteiger partial charge in [0.1, 0.15) is 10.7 Å². The van der Waals surface area contributed by atoms with Crippen LogP contribution in [0.25, 0.3) is 27.0 Å². The SMILES string of the molecule is Cc1ccc(-c2c(C)sc3nc(CSc4nnnn4-c4c(C)cccc4C)[nH]c(=O)c23)cc1. The number of thioether (sulfide) groups is 1. The molecule has 7 nitrogen and oxygen atoms in total. The molecule has 0 aliphatic heterocycles. The first-order valence-electron chi connectivity index (χ1n) is 10.5. The number of hydrogen-bond donors (Lipinski definition) is 1. The molecule has 3 heterocycles. The number of nitrogens with one attached hydrogen (secondary N) is 1. The molecule has 0 aliphatic rings. The summed E-state index contributed by atoms with van der Waals surface area (Å²) in [5, 5.41) is 13.5. The summed E-state index contributed by atoms with van der Waals surface area (Å²) in [4.78, 5) is 22.6. The van der Waals surface area contributed by atoms with Gasteiger partial charge in [-0.25, -0.2) is 4.98 Å². The van der Waals surface area contributed by atoms with Crippen molar-refractivity contribution in [2.45, 2.75) is 38.6 Å². The van der Waals surface area contributed by atoms with Crippen LogP contribution in [0.4, 0.5) is 0 Å². The second kappa shape index (κ2) is 8.57. The smallest absolute Gasteiger partial charge is 0.260 e. The van der Waals surface area contributed by atoms with E-state index < -0.39 is 0 Å². The van der Waals surface area contributed by atoms with E-state index >= 15 is 0 Å². The maximum absolute atomic E-state index is 13.1. The number of rotatable bonds is 5. The molecular weight excluding hydrogens is 452 g/mol. The zero-order valence-corrected chi connectivity index (χ0v) is 20.3. The third-order valence-electron chi connectivity index (χ3n) is 5.56. The first-order valence-corrected chi connectivity index (χ1v) is 12.3. The number of tetrazole rings is 1. The Morgan fingerprint density at radius 3 is 2.48 bits per heavy atom. The van der Waals surface area contributed by atoms with Gasteiger partial charge in [0.2, 0.25) is 5.16 Å². The number of fused-ring (bicyclic) bond motifs is 1. The Morgan fingerprint density at radius 1 is 1.03 bits per heavy atom. The molecule has 9 heteroatoms. The number of benzene rings is 2. The van der Waals surface area contributed by atoms with Gasteiger partial charge >= 0.3 is 0 Å². The fourth-order valence-electron chi connectivity index (χ4n) is 3.98. The predicted octanol–water partition coefficient (Wildman–Crippen LogP) is 5.15. The lowest BCUT2D eigenvalue weighted by atomic mass is 10.0. The molecule has 0 radical (unpaired) electrons. The van der Waals surface area contributed by atoms with Crippen LogP contribution in [0.5, 0.6) is 0 Å². The maximum atomic E-state index is 13.1. The molecule has 2 aromatic carbocycles. The van der Waals surface area contributed by atoms with E-state index in [4.69, 9.17) is 4.98 Å². The molecule has 3 aromatic heterocycles. The molecule has 0 amide bonds. The van der Waals surface area contributed by atoms with Gasteiger partial charge in [0.25, 0.3) is 5.56 Å². The fraction of sp³-hybridized carbons (Fsp3) is 0.208. The van der Waals surface area contributed by atoms with Crippen LogP contribution in [-0.4, -0.2) is 30.2 Å². The van der Waals surface area contributed by atoms with Crippen molar-refractivity contribution in [1.82, 2.24) is 30.2 Å². The van der Waals surface area contributed by atoms with Crippen LogP contribution >= 0.6 is 23.1 Å². The van der Waals surface area contributed by atoms with E-state index in [1.807, 2.05) is 39.0 Å². The van der Waals surface area contributed by atoms with Gasteiger partial charge in [-0.3, -0.25) is 4.79 Å². The summed E-state index contributed by atoms with van der Waals surface area (Å²) in [6, 6.07) is 14.3. The highest BCUT2D eigenvalue weighted by Crippen LogP contribution is 2.36. The number of aryl methyl sites for hydroxylation is 4. The molecule has 0 spiro atoms. The van der Waals surface area contributed by atoms with Gasteiger partial charge in [-0.15, -0.1) is 16.4 Å². The number of para-hydroxylation sites is 1. The summed E-state index contributed by atoms with van der Waals surface area (Å²) < 4.78 is 1.75. The molecule has 0 saturated carbocycles. The van der Waals surface area contributed by atoms with Crippen LogP contribution in [-0.2, 0) is 5.75 Å². The number of H-pyrrole nitrogens is 1. The van der Waals surface area contributed by atoms with Gasteiger partial charge in [-0.2, -0.15) is 4.68 Å². The fourth-order valence-corrected chi connectivity index (χ4v) is 5.79. The van der Waals surface area contributed by atoms with Crippen molar-refractivity contribution in [3.63, 3.8) is 0 Å². The zero-order valence-electron chi connectivity index (χ0n) is 18.7.